The van der Waals surface area contributed by atoms with Crippen molar-refractivity contribution in [1.82, 2.24) is 15.2 Å². The second kappa shape index (κ2) is 5.46. The molecule has 3 atom stereocenters. The average Bonchev–Trinajstić information content (AvgIpc) is 2.75. The lowest BCUT2D eigenvalue weighted by Crippen LogP contribution is -2.55. The first-order valence-corrected chi connectivity index (χ1v) is 7.35. The minimum absolute atomic E-state index is 0.447. The van der Waals surface area contributed by atoms with Crippen molar-refractivity contribution < 1.29 is 0 Å². The van der Waals surface area contributed by atoms with Crippen LogP contribution >= 0.6 is 11.3 Å². The highest BCUT2D eigenvalue weighted by Crippen LogP contribution is 2.28. The molecule has 96 valence electrons. The lowest BCUT2D eigenvalue weighted by atomic mass is 10.1. The Bertz CT molecular complexity index is 363. The van der Waals surface area contributed by atoms with Crippen LogP contribution in [0.15, 0.2) is 6.20 Å². The quantitative estimate of drug-likeness (QED) is 0.897. The van der Waals surface area contributed by atoms with E-state index in [0.29, 0.717) is 18.1 Å². The summed E-state index contributed by atoms with van der Waals surface area (Å²) >= 11 is 1.83. The van der Waals surface area contributed by atoms with Crippen LogP contribution in [0.4, 0.5) is 0 Å². The summed E-state index contributed by atoms with van der Waals surface area (Å²) in [5.41, 5.74) is 0. The highest BCUT2D eigenvalue weighted by atomic mass is 32.1. The third-order valence-corrected chi connectivity index (χ3v) is 4.70. The highest BCUT2D eigenvalue weighted by Gasteiger charge is 2.29. The Labute approximate surface area is 108 Å². The molecule has 0 saturated carbocycles. The average molecular weight is 253 g/mol. The minimum atomic E-state index is 0.447. The van der Waals surface area contributed by atoms with Crippen molar-refractivity contribution in [1.29, 1.82) is 0 Å². The van der Waals surface area contributed by atoms with E-state index in [1.54, 1.807) is 0 Å². The largest absolute Gasteiger partial charge is 0.311 e. The molecule has 1 aromatic heterocycles. The maximum absolute atomic E-state index is 4.54. The standard InChI is InChI=1S/C13H23N3S/c1-5-12-7-14-9(2)8-16(12)11(4)13-15-6-10(3)17-13/h6,9,11-12,14H,5,7-8H2,1-4H3. The second-order valence-corrected chi connectivity index (χ2v) is 6.32. The fourth-order valence-corrected chi connectivity index (χ4v) is 3.39. The number of hydrogen-bond acceptors (Lipinski definition) is 4. The van der Waals surface area contributed by atoms with Gasteiger partial charge in [0.05, 0.1) is 6.04 Å². The minimum Gasteiger partial charge on any atom is -0.311 e. The summed E-state index contributed by atoms with van der Waals surface area (Å²) in [5, 5.41) is 4.83. The first kappa shape index (κ1) is 13.0. The summed E-state index contributed by atoms with van der Waals surface area (Å²) in [6, 6.07) is 1.68. The van der Waals surface area contributed by atoms with Crippen LogP contribution in [0.3, 0.4) is 0 Å². The molecule has 1 aliphatic heterocycles. The summed E-state index contributed by atoms with van der Waals surface area (Å²) in [5.74, 6) is 0. The van der Waals surface area contributed by atoms with E-state index in [-0.39, 0.29) is 0 Å². The van der Waals surface area contributed by atoms with Gasteiger partial charge in [0.1, 0.15) is 5.01 Å². The molecule has 1 fully saturated rings. The zero-order valence-corrected chi connectivity index (χ0v) is 12.0. The van der Waals surface area contributed by atoms with Gasteiger partial charge in [0.25, 0.3) is 0 Å². The third kappa shape index (κ3) is 2.87. The number of aryl methyl sites for hydroxylation is 1. The molecule has 2 rings (SSSR count). The van der Waals surface area contributed by atoms with E-state index in [1.165, 1.54) is 16.3 Å². The number of nitrogens with one attached hydrogen (secondary N) is 1. The van der Waals surface area contributed by atoms with Crippen molar-refractivity contribution in [3.63, 3.8) is 0 Å². The van der Waals surface area contributed by atoms with Gasteiger partial charge in [-0.1, -0.05) is 6.92 Å². The normalized spacial score (nSPS) is 28.2. The Morgan fingerprint density at radius 2 is 2.41 bits per heavy atom. The van der Waals surface area contributed by atoms with Gasteiger partial charge in [0.2, 0.25) is 0 Å². The molecule has 0 spiro atoms. The van der Waals surface area contributed by atoms with Crippen LogP contribution in [-0.2, 0) is 0 Å². The van der Waals surface area contributed by atoms with Gasteiger partial charge < -0.3 is 5.32 Å². The summed E-state index contributed by atoms with van der Waals surface area (Å²) in [4.78, 5) is 8.46. The summed E-state index contributed by atoms with van der Waals surface area (Å²) in [7, 11) is 0. The van der Waals surface area contributed by atoms with Crippen molar-refractivity contribution in [2.45, 2.75) is 52.2 Å². The molecular formula is C13H23N3S. The van der Waals surface area contributed by atoms with E-state index in [4.69, 9.17) is 0 Å². The monoisotopic (exact) mass is 253 g/mol. The predicted molar refractivity (Wildman–Crippen MR) is 73.5 cm³/mol. The van der Waals surface area contributed by atoms with Crippen molar-refractivity contribution in [3.05, 3.63) is 16.1 Å². The van der Waals surface area contributed by atoms with Gasteiger partial charge in [-0.25, -0.2) is 4.98 Å². The lowest BCUT2D eigenvalue weighted by Gasteiger charge is -2.42. The number of nitrogens with zero attached hydrogens (tertiary/aromatic N) is 2. The van der Waals surface area contributed by atoms with Crippen molar-refractivity contribution in [2.75, 3.05) is 13.1 Å². The molecule has 1 aromatic rings. The molecule has 1 saturated heterocycles. The van der Waals surface area contributed by atoms with E-state index >= 15 is 0 Å². The molecular weight excluding hydrogens is 230 g/mol. The zero-order chi connectivity index (χ0) is 12.4. The van der Waals surface area contributed by atoms with Gasteiger partial charge in [0, 0.05) is 36.2 Å². The highest BCUT2D eigenvalue weighted by molar-refractivity contribution is 7.11. The number of thiazole rings is 1. The predicted octanol–water partition coefficient (Wildman–Crippen LogP) is 2.58. The molecule has 0 radical (unpaired) electrons. The van der Waals surface area contributed by atoms with E-state index in [0.717, 1.165) is 13.1 Å². The summed E-state index contributed by atoms with van der Waals surface area (Å²) < 4.78 is 0. The van der Waals surface area contributed by atoms with Crippen LogP contribution in [0, 0.1) is 6.92 Å². The molecule has 0 aliphatic carbocycles. The Kier molecular flexibility index (Phi) is 4.17. The SMILES string of the molecule is CCC1CNC(C)CN1C(C)c1ncc(C)s1. The Morgan fingerprint density at radius 3 is 3.00 bits per heavy atom. The molecule has 0 amide bonds. The Balaban J connectivity index is 2.12. The molecule has 0 aromatic carbocycles. The molecule has 0 bridgehead atoms. The number of piperazine rings is 1. The molecule has 1 N–H and O–H groups in total. The maximum atomic E-state index is 4.54. The molecule has 3 nitrogen and oxygen atoms in total. The van der Waals surface area contributed by atoms with Crippen LogP contribution in [-0.4, -0.2) is 35.1 Å². The van der Waals surface area contributed by atoms with Gasteiger partial charge in [-0.05, 0) is 27.2 Å². The third-order valence-electron chi connectivity index (χ3n) is 3.62. The fourth-order valence-electron chi connectivity index (χ4n) is 2.54. The first-order valence-electron chi connectivity index (χ1n) is 6.53. The topological polar surface area (TPSA) is 28.2 Å². The van der Waals surface area contributed by atoms with Crippen molar-refractivity contribution >= 4 is 11.3 Å². The van der Waals surface area contributed by atoms with Crippen molar-refractivity contribution in [3.8, 4) is 0 Å². The van der Waals surface area contributed by atoms with E-state index in [9.17, 15) is 0 Å². The van der Waals surface area contributed by atoms with Crippen LogP contribution in [0.5, 0.6) is 0 Å². The molecule has 3 unspecified atom stereocenters. The number of hydrogen-bond donors (Lipinski definition) is 1. The summed E-state index contributed by atoms with van der Waals surface area (Å²) in [6.07, 6.45) is 3.19. The molecule has 1 aliphatic rings. The maximum Gasteiger partial charge on any atom is 0.110 e. The fraction of sp³-hybridized carbons (Fsp3) is 0.769. The van der Waals surface area contributed by atoms with E-state index in [2.05, 4.69) is 42.9 Å². The Morgan fingerprint density at radius 1 is 1.65 bits per heavy atom. The van der Waals surface area contributed by atoms with Gasteiger partial charge in [-0.2, -0.15) is 0 Å². The van der Waals surface area contributed by atoms with Gasteiger partial charge in [-0.15, -0.1) is 11.3 Å². The van der Waals surface area contributed by atoms with E-state index < -0.39 is 0 Å². The van der Waals surface area contributed by atoms with Crippen LogP contribution in [0.2, 0.25) is 0 Å². The van der Waals surface area contributed by atoms with Crippen molar-refractivity contribution in [2.24, 2.45) is 0 Å². The van der Waals surface area contributed by atoms with Crippen LogP contribution in [0.1, 0.15) is 43.1 Å². The molecule has 4 heteroatoms. The second-order valence-electron chi connectivity index (χ2n) is 5.05. The number of rotatable bonds is 3. The smallest absolute Gasteiger partial charge is 0.110 e. The van der Waals surface area contributed by atoms with Gasteiger partial charge >= 0.3 is 0 Å². The van der Waals surface area contributed by atoms with Gasteiger partial charge in [-0.3, -0.25) is 4.90 Å². The summed E-state index contributed by atoms with van der Waals surface area (Å²) in [6.45, 7) is 11.2. The molecule has 2 heterocycles. The zero-order valence-electron chi connectivity index (χ0n) is 11.2. The lowest BCUT2D eigenvalue weighted by molar-refractivity contribution is 0.0903. The van der Waals surface area contributed by atoms with Crippen LogP contribution < -0.4 is 5.32 Å². The Hall–Kier alpha value is -0.450. The van der Waals surface area contributed by atoms with E-state index in [1.807, 2.05) is 17.5 Å². The molecule has 17 heavy (non-hydrogen) atoms. The number of aromatic nitrogens is 1. The van der Waals surface area contributed by atoms with Crippen LogP contribution in [0.25, 0.3) is 0 Å². The first-order chi connectivity index (χ1) is 8.11. The van der Waals surface area contributed by atoms with Gasteiger partial charge in [0.15, 0.2) is 0 Å².